The quantitative estimate of drug-likeness (QED) is 0.821. The molecule has 1 saturated heterocycles. The van der Waals surface area contributed by atoms with Crippen LogP contribution in [-0.4, -0.2) is 30.0 Å². The van der Waals surface area contributed by atoms with E-state index in [1.165, 1.54) is 0 Å². The zero-order chi connectivity index (χ0) is 13.2. The van der Waals surface area contributed by atoms with Crippen LogP contribution in [0.25, 0.3) is 0 Å². The fourth-order valence-corrected chi connectivity index (χ4v) is 2.41. The van der Waals surface area contributed by atoms with Gasteiger partial charge >= 0.3 is 0 Å². The Bertz CT molecular complexity index is 538. The van der Waals surface area contributed by atoms with Gasteiger partial charge in [-0.3, -0.25) is 10.1 Å². The van der Waals surface area contributed by atoms with Crippen LogP contribution < -0.4 is 15.5 Å². The first-order valence-electron chi connectivity index (χ1n) is 6.34. The summed E-state index contributed by atoms with van der Waals surface area (Å²) in [4.78, 5) is 18.3. The monoisotopic (exact) mass is 256 g/mol. The Morgan fingerprint density at radius 1 is 1.42 bits per heavy atom. The van der Waals surface area contributed by atoms with Gasteiger partial charge in [0.25, 0.3) is 0 Å². The molecule has 1 amide bonds. The fourth-order valence-electron chi connectivity index (χ4n) is 2.41. The fraction of sp³-hybridized carbons (Fsp3) is 0.286. The van der Waals surface area contributed by atoms with E-state index in [9.17, 15) is 4.79 Å². The van der Waals surface area contributed by atoms with Crippen LogP contribution in [0, 0.1) is 0 Å². The van der Waals surface area contributed by atoms with Crippen LogP contribution >= 0.6 is 0 Å². The van der Waals surface area contributed by atoms with E-state index in [1.807, 2.05) is 24.4 Å². The topological polar surface area (TPSA) is 57.3 Å². The highest BCUT2D eigenvalue weighted by molar-refractivity contribution is 5.87. The molecule has 3 heterocycles. The van der Waals surface area contributed by atoms with Crippen LogP contribution in [0.1, 0.15) is 6.42 Å². The molecule has 2 N–H and O–H groups in total. The third-order valence-electron chi connectivity index (χ3n) is 3.36. The number of pyridine rings is 1. The minimum Gasteiger partial charge on any atom is -0.333 e. The lowest BCUT2D eigenvalue weighted by atomic mass is 10.0. The van der Waals surface area contributed by atoms with E-state index in [-0.39, 0.29) is 11.9 Å². The molecule has 98 valence electrons. The number of hydrogen-bond acceptors (Lipinski definition) is 4. The molecule has 0 radical (unpaired) electrons. The van der Waals surface area contributed by atoms with Gasteiger partial charge in [-0.15, -0.1) is 0 Å². The molecule has 2 aliphatic heterocycles. The Labute approximate surface area is 112 Å². The van der Waals surface area contributed by atoms with E-state index in [0.717, 1.165) is 30.1 Å². The number of carbonyl (C=O) groups is 1. The maximum atomic E-state index is 11.9. The highest BCUT2D eigenvalue weighted by Gasteiger charge is 2.29. The first kappa shape index (κ1) is 11.9. The molecule has 0 bridgehead atoms. The van der Waals surface area contributed by atoms with Crippen LogP contribution in [0.5, 0.6) is 0 Å². The van der Waals surface area contributed by atoms with Crippen molar-refractivity contribution in [1.29, 1.82) is 0 Å². The van der Waals surface area contributed by atoms with Gasteiger partial charge in [-0.25, -0.2) is 4.98 Å². The van der Waals surface area contributed by atoms with Crippen molar-refractivity contribution in [2.45, 2.75) is 12.5 Å². The maximum absolute atomic E-state index is 11.9. The van der Waals surface area contributed by atoms with Gasteiger partial charge in [0.2, 0.25) is 5.91 Å². The minimum atomic E-state index is -0.251. The first-order valence-corrected chi connectivity index (χ1v) is 6.34. The number of carbonyl (C=O) groups excluding carboxylic acids is 1. The molecular weight excluding hydrogens is 240 g/mol. The molecule has 5 nitrogen and oxygen atoms in total. The van der Waals surface area contributed by atoms with Crippen molar-refractivity contribution in [2.75, 3.05) is 18.0 Å². The maximum Gasteiger partial charge on any atom is 0.245 e. The lowest BCUT2D eigenvalue weighted by Crippen LogP contribution is -2.52. The summed E-state index contributed by atoms with van der Waals surface area (Å²) in [5.41, 5.74) is 1.82. The molecule has 19 heavy (non-hydrogen) atoms. The van der Waals surface area contributed by atoms with Crippen LogP contribution in [0.4, 0.5) is 5.82 Å². The molecule has 0 aliphatic carbocycles. The first-order chi connectivity index (χ1) is 9.24. The van der Waals surface area contributed by atoms with E-state index in [0.29, 0.717) is 6.54 Å². The van der Waals surface area contributed by atoms with Crippen molar-refractivity contribution in [1.82, 2.24) is 15.6 Å². The van der Waals surface area contributed by atoms with Crippen molar-refractivity contribution >= 4 is 11.7 Å². The Morgan fingerprint density at radius 3 is 3.05 bits per heavy atom. The number of rotatable bonds is 2. The molecule has 0 saturated carbocycles. The van der Waals surface area contributed by atoms with Gasteiger partial charge in [0, 0.05) is 31.2 Å². The standard InChI is InChI=1S/C14H16N4O/c1-10-8-16-13(14(19)17-10)11-5-7-18(9-11)12-4-2-3-6-15-12/h2-4,6,9,13,16H,1,5,7-8H2,(H,17,19). The predicted molar refractivity (Wildman–Crippen MR) is 73.4 cm³/mol. The average Bonchev–Trinajstić information content (AvgIpc) is 2.89. The Morgan fingerprint density at radius 2 is 2.32 bits per heavy atom. The normalized spacial score (nSPS) is 23.3. The summed E-state index contributed by atoms with van der Waals surface area (Å²) in [6.45, 7) is 5.24. The lowest BCUT2D eigenvalue weighted by Gasteiger charge is -2.25. The molecule has 1 fully saturated rings. The molecule has 0 spiro atoms. The van der Waals surface area contributed by atoms with Crippen molar-refractivity contribution in [3.05, 3.63) is 48.4 Å². The highest BCUT2D eigenvalue weighted by Crippen LogP contribution is 2.23. The average molecular weight is 256 g/mol. The second-order valence-electron chi connectivity index (χ2n) is 4.74. The summed E-state index contributed by atoms with van der Waals surface area (Å²) in [6, 6.07) is 5.57. The van der Waals surface area contributed by atoms with E-state index in [4.69, 9.17) is 0 Å². The molecule has 1 aromatic rings. The van der Waals surface area contributed by atoms with E-state index in [2.05, 4.69) is 27.1 Å². The van der Waals surface area contributed by atoms with Crippen molar-refractivity contribution in [3.8, 4) is 0 Å². The van der Waals surface area contributed by atoms with Crippen LogP contribution in [-0.2, 0) is 4.79 Å². The largest absolute Gasteiger partial charge is 0.333 e. The highest BCUT2D eigenvalue weighted by atomic mass is 16.2. The van der Waals surface area contributed by atoms with Gasteiger partial charge in [0.05, 0.1) is 0 Å². The molecule has 1 atom stereocenters. The lowest BCUT2D eigenvalue weighted by molar-refractivity contribution is -0.122. The zero-order valence-corrected chi connectivity index (χ0v) is 10.6. The van der Waals surface area contributed by atoms with Crippen molar-refractivity contribution < 1.29 is 4.79 Å². The zero-order valence-electron chi connectivity index (χ0n) is 10.6. The summed E-state index contributed by atoms with van der Waals surface area (Å²) in [5, 5.41) is 6.00. The van der Waals surface area contributed by atoms with Crippen LogP contribution in [0.15, 0.2) is 48.4 Å². The summed E-state index contributed by atoms with van der Waals surface area (Å²) in [6.07, 6.45) is 4.67. The number of nitrogens with one attached hydrogen (secondary N) is 2. The van der Waals surface area contributed by atoms with Gasteiger partial charge in [-0.05, 0) is 24.1 Å². The summed E-state index contributed by atoms with van der Waals surface area (Å²) >= 11 is 0. The molecule has 3 rings (SSSR count). The van der Waals surface area contributed by atoms with Gasteiger partial charge in [-0.1, -0.05) is 12.6 Å². The second-order valence-corrected chi connectivity index (χ2v) is 4.74. The molecule has 5 heteroatoms. The van der Waals surface area contributed by atoms with Crippen LogP contribution in [0.3, 0.4) is 0 Å². The number of amides is 1. The van der Waals surface area contributed by atoms with Gasteiger partial charge < -0.3 is 10.2 Å². The molecule has 2 aliphatic rings. The summed E-state index contributed by atoms with van der Waals surface area (Å²) < 4.78 is 0. The van der Waals surface area contributed by atoms with Gasteiger partial charge in [0.15, 0.2) is 0 Å². The number of hydrogen-bond donors (Lipinski definition) is 2. The third-order valence-corrected chi connectivity index (χ3v) is 3.36. The number of anilines is 1. The van der Waals surface area contributed by atoms with Crippen molar-refractivity contribution in [2.24, 2.45) is 0 Å². The van der Waals surface area contributed by atoms with Crippen molar-refractivity contribution in [3.63, 3.8) is 0 Å². The Kier molecular flexibility index (Phi) is 3.05. The van der Waals surface area contributed by atoms with Gasteiger partial charge in [-0.2, -0.15) is 0 Å². The molecule has 1 unspecified atom stereocenters. The molecular formula is C14H16N4O. The SMILES string of the molecule is C=C1CNC(C2=CN(c3ccccn3)CC2)C(=O)N1. The molecule has 0 aromatic carbocycles. The van der Waals surface area contributed by atoms with E-state index >= 15 is 0 Å². The van der Waals surface area contributed by atoms with E-state index in [1.54, 1.807) is 6.20 Å². The summed E-state index contributed by atoms with van der Waals surface area (Å²) in [7, 11) is 0. The predicted octanol–water partition coefficient (Wildman–Crippen LogP) is 0.777. The molecule has 1 aromatic heterocycles. The Hall–Kier alpha value is -2.14. The number of aromatic nitrogens is 1. The third kappa shape index (κ3) is 2.37. The number of nitrogens with zero attached hydrogens (tertiary/aromatic N) is 2. The van der Waals surface area contributed by atoms with E-state index < -0.39 is 0 Å². The summed E-state index contributed by atoms with van der Waals surface area (Å²) in [5.74, 6) is 0.892. The van der Waals surface area contributed by atoms with Gasteiger partial charge in [0.1, 0.15) is 11.9 Å². The minimum absolute atomic E-state index is 0.0228. The van der Waals surface area contributed by atoms with Crippen LogP contribution in [0.2, 0.25) is 0 Å². The smallest absolute Gasteiger partial charge is 0.245 e. The Balaban J connectivity index is 1.76. The number of piperazine rings is 1. The second kappa shape index (κ2) is 4.85.